The van der Waals surface area contributed by atoms with Crippen LogP contribution in [0.4, 0.5) is 4.39 Å². The van der Waals surface area contributed by atoms with Gasteiger partial charge in [0.15, 0.2) is 11.5 Å². The number of halogens is 1. The van der Waals surface area contributed by atoms with E-state index in [-0.39, 0.29) is 0 Å². The van der Waals surface area contributed by atoms with Crippen LogP contribution in [0.1, 0.15) is 56.3 Å². The minimum absolute atomic E-state index is 0.377. The van der Waals surface area contributed by atoms with Gasteiger partial charge in [0.1, 0.15) is 6.17 Å². The highest BCUT2D eigenvalue weighted by Gasteiger charge is 2.43. The van der Waals surface area contributed by atoms with Crippen molar-refractivity contribution < 1.29 is 23.8 Å². The van der Waals surface area contributed by atoms with Gasteiger partial charge < -0.3 is 14.6 Å². The molecule has 0 spiro atoms. The molecule has 0 aliphatic heterocycles. The fourth-order valence-corrected chi connectivity index (χ4v) is 3.39. The summed E-state index contributed by atoms with van der Waals surface area (Å²) in [6.45, 7) is 1.42. The average Bonchev–Trinajstić information content (AvgIpc) is 2.53. The van der Waals surface area contributed by atoms with Gasteiger partial charge in [-0.15, -0.1) is 0 Å². The van der Waals surface area contributed by atoms with Gasteiger partial charge in [0.25, 0.3) is 0 Å². The lowest BCUT2D eigenvalue weighted by Gasteiger charge is -2.35. The Morgan fingerprint density at radius 2 is 1.73 bits per heavy atom. The molecule has 0 saturated heterocycles. The van der Waals surface area contributed by atoms with Crippen LogP contribution in [0.5, 0.6) is 11.5 Å². The quantitative estimate of drug-likeness (QED) is 0.892. The van der Waals surface area contributed by atoms with Crippen LogP contribution in [0.25, 0.3) is 0 Å². The van der Waals surface area contributed by atoms with Crippen molar-refractivity contribution in [2.24, 2.45) is 0 Å². The van der Waals surface area contributed by atoms with Crippen molar-refractivity contribution in [1.82, 2.24) is 0 Å². The number of alkyl halides is 1. The largest absolute Gasteiger partial charge is 0.493 e. The van der Waals surface area contributed by atoms with Crippen molar-refractivity contribution in [3.63, 3.8) is 0 Å². The Morgan fingerprint density at radius 1 is 1.18 bits per heavy atom. The Balaban J connectivity index is 2.67. The zero-order chi connectivity index (χ0) is 16.3. The van der Waals surface area contributed by atoms with E-state index in [4.69, 9.17) is 9.47 Å². The Bertz CT molecular complexity index is 548. The van der Waals surface area contributed by atoms with Crippen LogP contribution in [0, 0.1) is 0 Å². The molecule has 22 heavy (non-hydrogen) atoms. The smallest absolute Gasteiger partial charge is 0.314 e. The number of ether oxygens (including phenoxy) is 2. The second-order valence-electron chi connectivity index (χ2n) is 5.86. The van der Waals surface area contributed by atoms with Gasteiger partial charge >= 0.3 is 5.97 Å². The molecule has 5 heteroatoms. The summed E-state index contributed by atoms with van der Waals surface area (Å²) in [4.78, 5) is 12.0. The van der Waals surface area contributed by atoms with Gasteiger partial charge in [-0.1, -0.05) is 19.3 Å². The number of carboxylic acids is 1. The predicted octanol–water partition coefficient (Wildman–Crippen LogP) is 4.02. The molecule has 1 aromatic rings. The van der Waals surface area contributed by atoms with Crippen molar-refractivity contribution in [2.75, 3.05) is 14.2 Å². The molecule has 1 unspecified atom stereocenters. The van der Waals surface area contributed by atoms with E-state index in [2.05, 4.69) is 0 Å². The fourth-order valence-electron chi connectivity index (χ4n) is 3.39. The molecule has 0 amide bonds. The first-order valence-corrected chi connectivity index (χ1v) is 7.60. The monoisotopic (exact) mass is 310 g/mol. The third-order valence-corrected chi connectivity index (χ3v) is 4.62. The van der Waals surface area contributed by atoms with Crippen molar-refractivity contribution >= 4 is 5.97 Å². The average molecular weight is 310 g/mol. The molecular formula is C17H23FO4. The number of hydrogen-bond donors (Lipinski definition) is 1. The molecule has 2 rings (SSSR count). The van der Waals surface area contributed by atoms with Gasteiger partial charge in [-0.05, 0) is 43.0 Å². The first-order chi connectivity index (χ1) is 10.5. The molecule has 0 heterocycles. The van der Waals surface area contributed by atoms with E-state index >= 15 is 0 Å². The lowest BCUT2D eigenvalue weighted by molar-refractivity contribution is -0.145. The van der Waals surface area contributed by atoms with E-state index in [0.29, 0.717) is 35.5 Å². The summed E-state index contributed by atoms with van der Waals surface area (Å²) >= 11 is 0. The van der Waals surface area contributed by atoms with E-state index in [1.54, 1.807) is 12.1 Å². The molecule has 122 valence electrons. The highest BCUT2D eigenvalue weighted by atomic mass is 19.1. The van der Waals surface area contributed by atoms with Crippen LogP contribution < -0.4 is 9.47 Å². The zero-order valence-corrected chi connectivity index (χ0v) is 13.3. The van der Waals surface area contributed by atoms with Gasteiger partial charge in [0.05, 0.1) is 19.6 Å². The number of carboxylic acid groups (broad SMARTS) is 1. The van der Waals surface area contributed by atoms with Gasteiger partial charge in [-0.25, -0.2) is 4.39 Å². The highest BCUT2D eigenvalue weighted by molar-refractivity contribution is 5.82. The molecule has 1 aliphatic carbocycles. The molecule has 1 atom stereocenters. The zero-order valence-electron chi connectivity index (χ0n) is 13.3. The fraction of sp³-hybridized carbons (Fsp3) is 0.588. The summed E-state index contributed by atoms with van der Waals surface area (Å²) in [5.41, 5.74) is -0.137. The van der Waals surface area contributed by atoms with Gasteiger partial charge in [0.2, 0.25) is 0 Å². The van der Waals surface area contributed by atoms with E-state index in [0.717, 1.165) is 19.3 Å². The van der Waals surface area contributed by atoms with Crippen molar-refractivity contribution in [3.05, 3.63) is 23.3 Å². The van der Waals surface area contributed by atoms with Crippen LogP contribution >= 0.6 is 0 Å². The predicted molar refractivity (Wildman–Crippen MR) is 81.5 cm³/mol. The number of carbonyl (C=O) groups is 1. The molecule has 0 aromatic heterocycles. The van der Waals surface area contributed by atoms with Crippen LogP contribution in [-0.2, 0) is 10.2 Å². The summed E-state index contributed by atoms with van der Waals surface area (Å²) in [5, 5.41) is 9.84. The van der Waals surface area contributed by atoms with Crippen LogP contribution in [0.15, 0.2) is 12.1 Å². The molecule has 0 bridgehead atoms. The molecule has 1 saturated carbocycles. The second-order valence-corrected chi connectivity index (χ2v) is 5.86. The summed E-state index contributed by atoms with van der Waals surface area (Å²) in [6.07, 6.45) is 2.47. The molecule has 4 nitrogen and oxygen atoms in total. The first-order valence-electron chi connectivity index (χ1n) is 7.60. The summed E-state index contributed by atoms with van der Waals surface area (Å²) in [7, 11) is 2.98. The van der Waals surface area contributed by atoms with Crippen LogP contribution in [0.2, 0.25) is 0 Å². The second kappa shape index (κ2) is 6.55. The Kier molecular flexibility index (Phi) is 4.94. The maximum Gasteiger partial charge on any atom is 0.314 e. The molecule has 1 N–H and O–H groups in total. The highest BCUT2D eigenvalue weighted by Crippen LogP contribution is 2.46. The lowest BCUT2D eigenvalue weighted by atomic mass is 9.67. The number of methoxy groups -OCH3 is 2. The van der Waals surface area contributed by atoms with Crippen molar-refractivity contribution in [1.29, 1.82) is 0 Å². The number of rotatable bonds is 5. The molecule has 1 fully saturated rings. The topological polar surface area (TPSA) is 55.8 Å². The Morgan fingerprint density at radius 3 is 2.18 bits per heavy atom. The number of hydrogen-bond acceptors (Lipinski definition) is 3. The van der Waals surface area contributed by atoms with Gasteiger partial charge in [-0.3, -0.25) is 4.79 Å². The van der Waals surface area contributed by atoms with E-state index in [1.807, 2.05) is 0 Å². The van der Waals surface area contributed by atoms with E-state index in [1.165, 1.54) is 21.1 Å². The van der Waals surface area contributed by atoms with E-state index in [9.17, 15) is 14.3 Å². The number of benzene rings is 1. The van der Waals surface area contributed by atoms with Gasteiger partial charge in [-0.2, -0.15) is 0 Å². The lowest BCUT2D eigenvalue weighted by Crippen LogP contribution is -2.38. The summed E-state index contributed by atoms with van der Waals surface area (Å²) in [6, 6.07) is 3.21. The maximum atomic E-state index is 14.1. The van der Waals surface area contributed by atoms with Crippen LogP contribution in [0.3, 0.4) is 0 Å². The van der Waals surface area contributed by atoms with Crippen molar-refractivity contribution in [3.8, 4) is 11.5 Å². The minimum Gasteiger partial charge on any atom is -0.493 e. The molecule has 1 aromatic carbocycles. The summed E-state index contributed by atoms with van der Waals surface area (Å²) < 4.78 is 24.7. The van der Waals surface area contributed by atoms with Crippen LogP contribution in [-0.4, -0.2) is 25.3 Å². The minimum atomic E-state index is -1.27. The molecule has 1 aliphatic rings. The SMILES string of the molecule is COc1cc(C(C)F)c(C2(C(=O)O)CCCCC2)cc1OC. The van der Waals surface area contributed by atoms with E-state index < -0.39 is 17.6 Å². The van der Waals surface area contributed by atoms with Crippen molar-refractivity contribution in [2.45, 2.75) is 50.6 Å². The molecule has 0 radical (unpaired) electrons. The third kappa shape index (κ3) is 2.76. The summed E-state index contributed by atoms with van der Waals surface area (Å²) in [5.74, 6) is -0.0310. The molecular weight excluding hydrogens is 287 g/mol. The van der Waals surface area contributed by atoms with Gasteiger partial charge in [0, 0.05) is 0 Å². The standard InChI is InChI=1S/C17H23FO4/c1-11(18)12-9-14(21-2)15(22-3)10-13(12)17(16(19)20)7-5-4-6-8-17/h9-11H,4-8H2,1-3H3,(H,19,20). The Labute approximate surface area is 130 Å². The normalized spacial score (nSPS) is 18.5. The Hall–Kier alpha value is -1.78. The third-order valence-electron chi connectivity index (χ3n) is 4.62. The first kappa shape index (κ1) is 16.6. The maximum absolute atomic E-state index is 14.1. The number of aliphatic carboxylic acids is 1.